The van der Waals surface area contributed by atoms with Gasteiger partial charge >= 0.3 is 0 Å². The fourth-order valence-electron chi connectivity index (χ4n) is 1.73. The summed E-state index contributed by atoms with van der Waals surface area (Å²) in [5.41, 5.74) is 1.33. The van der Waals surface area contributed by atoms with Crippen LogP contribution in [0.2, 0.25) is 0 Å². The van der Waals surface area contributed by atoms with E-state index in [9.17, 15) is 4.79 Å². The highest BCUT2D eigenvalue weighted by Gasteiger charge is 2.14. The topological polar surface area (TPSA) is 32.3 Å². The Morgan fingerprint density at radius 3 is 2.59 bits per heavy atom. The maximum atomic E-state index is 11.8. The first kappa shape index (κ1) is 13.7. The first-order chi connectivity index (χ1) is 8.15. The molecular weight excluding hydrogens is 212 g/mol. The Morgan fingerprint density at radius 1 is 1.35 bits per heavy atom. The van der Waals surface area contributed by atoms with Crippen LogP contribution >= 0.6 is 0 Å². The second-order valence-corrected chi connectivity index (χ2v) is 4.36. The van der Waals surface area contributed by atoms with E-state index < -0.39 is 0 Å². The predicted molar refractivity (Wildman–Crippen MR) is 70.9 cm³/mol. The largest absolute Gasteiger partial charge is 0.344 e. The Morgan fingerprint density at radius 2 is 2.00 bits per heavy atom. The zero-order chi connectivity index (χ0) is 12.7. The van der Waals surface area contributed by atoms with Crippen molar-refractivity contribution in [3.8, 4) is 0 Å². The van der Waals surface area contributed by atoms with Gasteiger partial charge in [-0.25, -0.2) is 0 Å². The summed E-state index contributed by atoms with van der Waals surface area (Å²) in [6.07, 6.45) is 2.02. The van der Waals surface area contributed by atoms with Crippen molar-refractivity contribution < 1.29 is 4.79 Å². The summed E-state index contributed by atoms with van der Waals surface area (Å²) < 4.78 is 0. The normalized spacial score (nSPS) is 12.2. The molecule has 1 atom stereocenters. The highest BCUT2D eigenvalue weighted by Crippen LogP contribution is 2.03. The van der Waals surface area contributed by atoms with Crippen molar-refractivity contribution in [3.63, 3.8) is 0 Å². The van der Waals surface area contributed by atoms with Crippen LogP contribution in [0.15, 0.2) is 30.3 Å². The van der Waals surface area contributed by atoms with Crippen LogP contribution in [0, 0.1) is 0 Å². The van der Waals surface area contributed by atoms with Crippen LogP contribution < -0.4 is 5.32 Å². The molecule has 1 amide bonds. The lowest BCUT2D eigenvalue weighted by atomic mass is 10.1. The van der Waals surface area contributed by atoms with Gasteiger partial charge < -0.3 is 10.2 Å². The fraction of sp³-hybridized carbons (Fsp3) is 0.500. The first-order valence-electron chi connectivity index (χ1n) is 6.11. The Balaban J connectivity index is 2.29. The third kappa shape index (κ3) is 4.57. The second-order valence-electron chi connectivity index (χ2n) is 4.36. The number of aryl methyl sites for hydroxylation is 1. The lowest BCUT2D eigenvalue weighted by molar-refractivity contribution is -0.131. The van der Waals surface area contributed by atoms with Crippen molar-refractivity contribution in [3.05, 3.63) is 35.9 Å². The van der Waals surface area contributed by atoms with E-state index in [0.717, 1.165) is 19.4 Å². The van der Waals surface area contributed by atoms with Crippen LogP contribution in [-0.2, 0) is 11.2 Å². The predicted octanol–water partition coefficient (Wildman–Crippen LogP) is 1.69. The zero-order valence-corrected chi connectivity index (χ0v) is 10.9. The SMILES string of the molecule is CNC(C)C(=O)N(C)CCCc1ccccc1. The van der Waals surface area contributed by atoms with E-state index in [2.05, 4.69) is 17.4 Å². The van der Waals surface area contributed by atoms with Gasteiger partial charge in [-0.1, -0.05) is 30.3 Å². The smallest absolute Gasteiger partial charge is 0.239 e. The van der Waals surface area contributed by atoms with Gasteiger partial charge in [-0.05, 0) is 32.4 Å². The molecule has 1 unspecified atom stereocenters. The number of benzene rings is 1. The molecule has 0 aliphatic rings. The molecule has 1 rings (SSSR count). The molecule has 0 saturated carbocycles. The highest BCUT2D eigenvalue weighted by atomic mass is 16.2. The first-order valence-corrected chi connectivity index (χ1v) is 6.11. The minimum absolute atomic E-state index is 0.100. The van der Waals surface area contributed by atoms with Gasteiger partial charge in [0.05, 0.1) is 6.04 Å². The summed E-state index contributed by atoms with van der Waals surface area (Å²) in [4.78, 5) is 13.6. The average molecular weight is 234 g/mol. The van der Waals surface area contributed by atoms with Gasteiger partial charge in [-0.2, -0.15) is 0 Å². The molecule has 1 aromatic rings. The summed E-state index contributed by atoms with van der Waals surface area (Å²) >= 11 is 0. The third-order valence-electron chi connectivity index (χ3n) is 2.98. The molecule has 3 heteroatoms. The third-order valence-corrected chi connectivity index (χ3v) is 2.98. The highest BCUT2D eigenvalue weighted by molar-refractivity contribution is 5.81. The van der Waals surface area contributed by atoms with Crippen molar-refractivity contribution in [2.24, 2.45) is 0 Å². The number of amides is 1. The van der Waals surface area contributed by atoms with Crippen LogP contribution in [0.5, 0.6) is 0 Å². The molecule has 1 aromatic carbocycles. The van der Waals surface area contributed by atoms with Gasteiger partial charge in [0.1, 0.15) is 0 Å². The van der Waals surface area contributed by atoms with Gasteiger partial charge in [-0.3, -0.25) is 4.79 Å². The molecular formula is C14H22N2O. The molecule has 0 spiro atoms. The fourth-order valence-corrected chi connectivity index (χ4v) is 1.73. The maximum absolute atomic E-state index is 11.8. The number of nitrogens with one attached hydrogen (secondary N) is 1. The van der Waals surface area contributed by atoms with E-state index in [1.165, 1.54) is 5.56 Å². The molecule has 0 aliphatic carbocycles. The van der Waals surface area contributed by atoms with Crippen LogP contribution in [-0.4, -0.2) is 37.5 Å². The quantitative estimate of drug-likeness (QED) is 0.812. The molecule has 94 valence electrons. The Hall–Kier alpha value is -1.35. The van der Waals surface area contributed by atoms with Crippen LogP contribution in [0.25, 0.3) is 0 Å². The maximum Gasteiger partial charge on any atom is 0.239 e. The van der Waals surface area contributed by atoms with E-state index in [-0.39, 0.29) is 11.9 Å². The Labute approximate surface area is 104 Å². The monoisotopic (exact) mass is 234 g/mol. The van der Waals surface area contributed by atoms with Gasteiger partial charge in [0.2, 0.25) is 5.91 Å². The van der Waals surface area contributed by atoms with Crippen LogP contribution in [0.1, 0.15) is 18.9 Å². The molecule has 3 nitrogen and oxygen atoms in total. The van der Waals surface area contributed by atoms with Crippen molar-refractivity contribution in [1.82, 2.24) is 10.2 Å². The summed E-state index contributed by atoms with van der Waals surface area (Å²) in [5, 5.41) is 2.96. The number of nitrogens with zero attached hydrogens (tertiary/aromatic N) is 1. The second kappa shape index (κ2) is 7.07. The molecule has 0 aromatic heterocycles. The zero-order valence-electron chi connectivity index (χ0n) is 10.9. The van der Waals surface area contributed by atoms with E-state index in [4.69, 9.17) is 0 Å². The minimum Gasteiger partial charge on any atom is -0.344 e. The van der Waals surface area contributed by atoms with Gasteiger partial charge in [0.25, 0.3) is 0 Å². The molecule has 17 heavy (non-hydrogen) atoms. The molecule has 0 saturated heterocycles. The summed E-state index contributed by atoms with van der Waals surface area (Å²) in [7, 11) is 3.67. The number of carbonyl (C=O) groups excluding carboxylic acids is 1. The van der Waals surface area contributed by atoms with Crippen molar-refractivity contribution in [2.45, 2.75) is 25.8 Å². The van der Waals surface area contributed by atoms with E-state index in [1.807, 2.05) is 32.2 Å². The number of likely N-dealkylation sites (N-methyl/N-ethyl adjacent to an activating group) is 2. The van der Waals surface area contributed by atoms with Crippen LogP contribution in [0.3, 0.4) is 0 Å². The molecule has 0 fully saturated rings. The number of rotatable bonds is 6. The van der Waals surface area contributed by atoms with E-state index in [1.54, 1.807) is 11.9 Å². The average Bonchev–Trinajstić information content (AvgIpc) is 2.38. The summed E-state index contributed by atoms with van der Waals surface area (Å²) in [6.45, 7) is 2.69. The molecule has 0 radical (unpaired) electrons. The molecule has 0 heterocycles. The van der Waals surface area contributed by atoms with Gasteiger partial charge in [0.15, 0.2) is 0 Å². The number of hydrogen-bond acceptors (Lipinski definition) is 2. The van der Waals surface area contributed by atoms with Gasteiger partial charge in [-0.15, -0.1) is 0 Å². The Bertz CT molecular complexity index is 337. The minimum atomic E-state index is -0.100. The lowest BCUT2D eigenvalue weighted by Gasteiger charge is -2.20. The molecule has 0 bridgehead atoms. The molecule has 0 aliphatic heterocycles. The van der Waals surface area contributed by atoms with E-state index >= 15 is 0 Å². The van der Waals surface area contributed by atoms with Crippen LogP contribution in [0.4, 0.5) is 0 Å². The van der Waals surface area contributed by atoms with Gasteiger partial charge in [0, 0.05) is 13.6 Å². The molecule has 1 N–H and O–H groups in total. The number of hydrogen-bond donors (Lipinski definition) is 1. The van der Waals surface area contributed by atoms with E-state index in [0.29, 0.717) is 0 Å². The summed E-state index contributed by atoms with van der Waals surface area (Å²) in [6, 6.07) is 10.3. The van der Waals surface area contributed by atoms with Crippen molar-refractivity contribution in [1.29, 1.82) is 0 Å². The van der Waals surface area contributed by atoms with Crippen molar-refractivity contribution >= 4 is 5.91 Å². The standard InChI is InChI=1S/C14H22N2O/c1-12(15-2)14(17)16(3)11-7-10-13-8-5-4-6-9-13/h4-6,8-9,12,15H,7,10-11H2,1-3H3. The summed E-state index contributed by atoms with van der Waals surface area (Å²) in [5.74, 6) is 0.153. The van der Waals surface area contributed by atoms with Crippen molar-refractivity contribution in [2.75, 3.05) is 20.6 Å². The lowest BCUT2D eigenvalue weighted by Crippen LogP contribution is -2.42. The number of carbonyl (C=O) groups is 1. The Kier molecular flexibility index (Phi) is 5.70.